The molecule has 0 saturated heterocycles. The summed E-state index contributed by atoms with van der Waals surface area (Å²) < 4.78 is 10.4. The zero-order valence-electron chi connectivity index (χ0n) is 12.9. The van der Waals surface area contributed by atoms with Gasteiger partial charge in [0.2, 0.25) is 11.7 Å². The van der Waals surface area contributed by atoms with Crippen molar-refractivity contribution in [3.8, 4) is 5.75 Å². The van der Waals surface area contributed by atoms with Gasteiger partial charge in [-0.2, -0.15) is 4.98 Å². The summed E-state index contributed by atoms with van der Waals surface area (Å²) >= 11 is 0. The molecule has 1 aromatic carbocycles. The second-order valence-corrected chi connectivity index (χ2v) is 4.79. The number of aryl methyl sites for hydroxylation is 1. The number of hydrogen-bond acceptors (Lipinski definition) is 5. The van der Waals surface area contributed by atoms with Crippen LogP contribution in [-0.4, -0.2) is 16.0 Å². The number of nitrogens with one attached hydrogen (secondary N) is 1. The van der Waals surface area contributed by atoms with Gasteiger partial charge in [-0.15, -0.1) is 0 Å². The lowest BCUT2D eigenvalue weighted by molar-refractivity contribution is -0.112. The Hall–Kier alpha value is -2.63. The van der Waals surface area contributed by atoms with Crippen LogP contribution < -0.4 is 10.1 Å². The molecule has 1 N–H and O–H groups in total. The summed E-state index contributed by atoms with van der Waals surface area (Å²) in [6, 6.07) is 7.13. The van der Waals surface area contributed by atoms with Crippen molar-refractivity contribution < 1.29 is 14.1 Å². The van der Waals surface area contributed by atoms with Crippen molar-refractivity contribution in [3.63, 3.8) is 0 Å². The van der Waals surface area contributed by atoms with Gasteiger partial charge in [-0.3, -0.25) is 4.79 Å². The zero-order valence-corrected chi connectivity index (χ0v) is 12.9. The lowest BCUT2D eigenvalue weighted by Gasteiger charge is -2.07. The molecule has 6 nitrogen and oxygen atoms in total. The van der Waals surface area contributed by atoms with Gasteiger partial charge in [0.05, 0.1) is 0 Å². The van der Waals surface area contributed by atoms with E-state index in [1.165, 1.54) is 0 Å². The number of benzene rings is 1. The molecule has 0 spiro atoms. The summed E-state index contributed by atoms with van der Waals surface area (Å²) in [6.07, 6.45) is 2.72. The van der Waals surface area contributed by atoms with Crippen molar-refractivity contribution in [2.24, 2.45) is 0 Å². The van der Waals surface area contributed by atoms with Crippen LogP contribution in [0.4, 0.5) is 5.69 Å². The molecule has 0 aliphatic rings. The van der Waals surface area contributed by atoms with Crippen molar-refractivity contribution in [2.75, 3.05) is 5.32 Å². The molecule has 116 valence electrons. The first-order valence-corrected chi connectivity index (χ1v) is 7.08. The molecule has 0 radical (unpaired) electrons. The predicted molar refractivity (Wildman–Crippen MR) is 82.5 cm³/mol. The minimum Gasteiger partial charge on any atom is -0.485 e. The molecule has 0 aliphatic carbocycles. The molecule has 2 rings (SSSR count). The maximum absolute atomic E-state index is 11.9. The Bertz CT molecular complexity index is 660. The van der Waals surface area contributed by atoms with Crippen LogP contribution in [0.1, 0.15) is 32.0 Å². The molecule has 0 unspecified atom stereocenters. The third kappa shape index (κ3) is 4.44. The van der Waals surface area contributed by atoms with E-state index in [0.717, 1.165) is 12.1 Å². The molecule has 1 aromatic heterocycles. The lowest BCUT2D eigenvalue weighted by Crippen LogP contribution is -2.12. The van der Waals surface area contributed by atoms with Gasteiger partial charge in [0.1, 0.15) is 5.75 Å². The van der Waals surface area contributed by atoms with Crippen molar-refractivity contribution in [1.82, 2.24) is 10.1 Å². The number of amides is 1. The van der Waals surface area contributed by atoms with Gasteiger partial charge in [0.15, 0.2) is 6.61 Å². The Morgan fingerprint density at radius 3 is 2.68 bits per heavy atom. The Morgan fingerprint density at radius 1 is 1.36 bits per heavy atom. The number of carbonyl (C=O) groups excluding carboxylic acids is 1. The van der Waals surface area contributed by atoms with Crippen molar-refractivity contribution in [2.45, 2.75) is 33.8 Å². The molecule has 0 fully saturated rings. The van der Waals surface area contributed by atoms with Gasteiger partial charge >= 0.3 is 0 Å². The molecule has 0 aliphatic heterocycles. The molecular formula is C16H19N3O3. The van der Waals surface area contributed by atoms with Gasteiger partial charge < -0.3 is 14.6 Å². The van der Waals surface area contributed by atoms with E-state index in [2.05, 4.69) is 15.5 Å². The highest BCUT2D eigenvalue weighted by Gasteiger charge is 2.05. The smallest absolute Gasteiger partial charge is 0.250 e. The summed E-state index contributed by atoms with van der Waals surface area (Å²) in [4.78, 5) is 15.9. The number of rotatable bonds is 6. The Kier molecular flexibility index (Phi) is 5.30. The highest BCUT2D eigenvalue weighted by molar-refractivity contribution is 6.03. The van der Waals surface area contributed by atoms with E-state index >= 15 is 0 Å². The van der Waals surface area contributed by atoms with Crippen LogP contribution in [0.3, 0.4) is 0 Å². The summed E-state index contributed by atoms with van der Waals surface area (Å²) in [5.41, 5.74) is 1.42. The largest absolute Gasteiger partial charge is 0.485 e. The fourth-order valence-electron chi connectivity index (χ4n) is 1.81. The molecule has 0 saturated carbocycles. The minimum absolute atomic E-state index is 0.0993. The normalized spacial score (nSPS) is 11.3. The molecule has 2 aromatic rings. The molecule has 22 heavy (non-hydrogen) atoms. The van der Waals surface area contributed by atoms with E-state index in [-0.39, 0.29) is 12.5 Å². The van der Waals surface area contributed by atoms with E-state index in [0.29, 0.717) is 23.0 Å². The predicted octanol–water partition coefficient (Wildman–Crippen LogP) is 3.25. The highest BCUT2D eigenvalue weighted by Crippen LogP contribution is 2.17. The van der Waals surface area contributed by atoms with Gasteiger partial charge in [-0.25, -0.2) is 0 Å². The molecule has 0 bridgehead atoms. The van der Waals surface area contributed by atoms with E-state index in [1.807, 2.05) is 13.0 Å². The maximum atomic E-state index is 11.9. The number of hydrogen-bond donors (Lipinski definition) is 1. The highest BCUT2D eigenvalue weighted by atomic mass is 16.5. The zero-order chi connectivity index (χ0) is 15.9. The van der Waals surface area contributed by atoms with Crippen LogP contribution in [0, 0.1) is 6.92 Å². The number of carbonyl (C=O) groups is 1. The molecule has 0 atom stereocenters. The van der Waals surface area contributed by atoms with E-state index in [4.69, 9.17) is 9.26 Å². The summed E-state index contributed by atoms with van der Waals surface area (Å²) in [5, 5.41) is 6.58. The van der Waals surface area contributed by atoms with E-state index in [9.17, 15) is 4.79 Å². The standard InChI is InChI=1S/C16H19N3O3/c1-4-5-11(2)16(20)18-13-6-8-14(9-7-13)21-10-15-17-12(3)22-19-15/h5-9H,4,10H2,1-3H3,(H,18,20). The monoisotopic (exact) mass is 301 g/mol. The fourth-order valence-corrected chi connectivity index (χ4v) is 1.81. The molecule has 1 amide bonds. The number of anilines is 1. The minimum atomic E-state index is -0.0993. The summed E-state index contributed by atoms with van der Waals surface area (Å²) in [6.45, 7) is 5.75. The Balaban J connectivity index is 1.90. The van der Waals surface area contributed by atoms with E-state index < -0.39 is 0 Å². The number of nitrogens with zero attached hydrogens (tertiary/aromatic N) is 2. The first kappa shape index (κ1) is 15.8. The first-order valence-electron chi connectivity index (χ1n) is 7.08. The average molecular weight is 301 g/mol. The summed E-state index contributed by atoms with van der Waals surface area (Å²) in [5.74, 6) is 1.57. The number of ether oxygens (including phenoxy) is 1. The van der Waals surface area contributed by atoms with Crippen LogP contribution in [0.25, 0.3) is 0 Å². The van der Waals surface area contributed by atoms with Crippen LogP contribution >= 0.6 is 0 Å². The Labute approximate surface area is 129 Å². The molecule has 1 heterocycles. The van der Waals surface area contributed by atoms with Gasteiger partial charge in [-0.1, -0.05) is 18.2 Å². The lowest BCUT2D eigenvalue weighted by atomic mass is 10.2. The second-order valence-electron chi connectivity index (χ2n) is 4.79. The Morgan fingerprint density at radius 2 is 2.09 bits per heavy atom. The number of allylic oxidation sites excluding steroid dienone is 1. The quantitative estimate of drug-likeness (QED) is 0.829. The van der Waals surface area contributed by atoms with Crippen molar-refractivity contribution in [3.05, 3.63) is 47.6 Å². The third-order valence-electron chi connectivity index (χ3n) is 2.92. The van der Waals surface area contributed by atoms with Gasteiger partial charge in [-0.05, 0) is 37.6 Å². The van der Waals surface area contributed by atoms with E-state index in [1.54, 1.807) is 38.1 Å². The maximum Gasteiger partial charge on any atom is 0.250 e. The molecule has 6 heteroatoms. The van der Waals surface area contributed by atoms with Crippen LogP contribution in [0.5, 0.6) is 5.75 Å². The third-order valence-corrected chi connectivity index (χ3v) is 2.92. The second kappa shape index (κ2) is 7.40. The summed E-state index contributed by atoms with van der Waals surface area (Å²) in [7, 11) is 0. The van der Waals surface area contributed by atoms with Crippen LogP contribution in [-0.2, 0) is 11.4 Å². The van der Waals surface area contributed by atoms with Crippen LogP contribution in [0.2, 0.25) is 0 Å². The van der Waals surface area contributed by atoms with Crippen molar-refractivity contribution in [1.29, 1.82) is 0 Å². The SMILES string of the molecule is CCC=C(C)C(=O)Nc1ccc(OCc2noc(C)n2)cc1. The van der Waals surface area contributed by atoms with Crippen molar-refractivity contribution >= 4 is 11.6 Å². The first-order chi connectivity index (χ1) is 10.6. The van der Waals surface area contributed by atoms with Gasteiger partial charge in [0, 0.05) is 18.2 Å². The fraction of sp³-hybridized carbons (Fsp3) is 0.312. The number of aromatic nitrogens is 2. The molecular weight excluding hydrogens is 282 g/mol. The average Bonchev–Trinajstić information content (AvgIpc) is 2.92. The van der Waals surface area contributed by atoms with Crippen LogP contribution in [0.15, 0.2) is 40.4 Å². The topological polar surface area (TPSA) is 77.2 Å². The van der Waals surface area contributed by atoms with Gasteiger partial charge in [0.25, 0.3) is 5.91 Å².